The molecular formula is C33H40O8. The van der Waals surface area contributed by atoms with Gasteiger partial charge in [-0.1, -0.05) is 31.1 Å². The van der Waals surface area contributed by atoms with Crippen molar-refractivity contribution in [1.82, 2.24) is 0 Å². The number of fused-ring (bicyclic) bond motifs is 1. The summed E-state index contributed by atoms with van der Waals surface area (Å²) in [5.41, 5.74) is 3.47. The van der Waals surface area contributed by atoms with Gasteiger partial charge in [0.2, 0.25) is 0 Å². The molecule has 3 rings (SSSR count). The molecule has 0 fully saturated rings. The summed E-state index contributed by atoms with van der Waals surface area (Å²) in [5.74, 6) is 0.930. The first kappa shape index (κ1) is 31.5. The summed E-state index contributed by atoms with van der Waals surface area (Å²) in [6.07, 6.45) is 10.2. The number of methoxy groups -OCH3 is 2. The van der Waals surface area contributed by atoms with Crippen molar-refractivity contribution in [2.45, 2.75) is 64.2 Å². The first-order valence-corrected chi connectivity index (χ1v) is 14.1. The SMILES string of the molecule is C=CCc1c(OCCCCCCc2cccc(OCCCC(=O)OC)c2CCC(=O)OC)ccc2c(=O)ccoc12. The molecule has 0 bridgehead atoms. The van der Waals surface area contributed by atoms with E-state index in [2.05, 4.69) is 17.4 Å². The quantitative estimate of drug-likeness (QED) is 0.103. The van der Waals surface area contributed by atoms with Crippen LogP contribution in [0.5, 0.6) is 11.5 Å². The fraction of sp³-hybridized carbons (Fsp3) is 0.424. The number of unbranched alkanes of at least 4 members (excludes halogenated alkanes) is 3. The summed E-state index contributed by atoms with van der Waals surface area (Å²) in [5, 5.41) is 0.540. The third-order valence-corrected chi connectivity index (χ3v) is 6.88. The zero-order valence-corrected chi connectivity index (χ0v) is 24.1. The standard InChI is InChI=1S/C33H40O8/c1-4-11-27-30(18-16-26-28(34)20-23-41-33(26)27)39-21-8-6-5-7-12-24-13-9-14-29(25(24)17-19-32(36)38-3)40-22-10-15-31(35)37-2/h4,9,13-14,16,18,20,23H,1,5-8,10-12,15,17,19,21-22H2,2-3H3. The average Bonchev–Trinajstić information content (AvgIpc) is 2.99. The number of hydrogen-bond acceptors (Lipinski definition) is 8. The van der Waals surface area contributed by atoms with Crippen LogP contribution in [0.4, 0.5) is 0 Å². The Bertz CT molecular complexity index is 1360. The van der Waals surface area contributed by atoms with Crippen LogP contribution in [0.1, 0.15) is 61.6 Å². The van der Waals surface area contributed by atoms with Crippen LogP contribution in [0, 0.1) is 0 Å². The van der Waals surface area contributed by atoms with Crippen molar-refractivity contribution in [3.63, 3.8) is 0 Å². The number of carbonyl (C=O) groups excluding carboxylic acids is 2. The van der Waals surface area contributed by atoms with Crippen molar-refractivity contribution in [3.05, 3.63) is 82.2 Å². The minimum Gasteiger partial charge on any atom is -0.493 e. The number of carbonyl (C=O) groups is 2. The highest BCUT2D eigenvalue weighted by molar-refractivity contribution is 5.82. The number of aryl methyl sites for hydroxylation is 1. The number of esters is 2. The van der Waals surface area contributed by atoms with E-state index in [0.717, 1.165) is 54.5 Å². The largest absolute Gasteiger partial charge is 0.493 e. The zero-order valence-electron chi connectivity index (χ0n) is 24.1. The summed E-state index contributed by atoms with van der Waals surface area (Å²) in [7, 11) is 2.76. The summed E-state index contributed by atoms with van der Waals surface area (Å²) in [4.78, 5) is 35.4. The molecule has 1 heterocycles. The second kappa shape index (κ2) is 16.9. The molecule has 0 saturated heterocycles. The van der Waals surface area contributed by atoms with E-state index >= 15 is 0 Å². The highest BCUT2D eigenvalue weighted by Crippen LogP contribution is 2.28. The van der Waals surface area contributed by atoms with E-state index < -0.39 is 0 Å². The smallest absolute Gasteiger partial charge is 0.305 e. The molecule has 0 unspecified atom stereocenters. The van der Waals surface area contributed by atoms with E-state index in [9.17, 15) is 14.4 Å². The van der Waals surface area contributed by atoms with E-state index in [1.807, 2.05) is 18.2 Å². The van der Waals surface area contributed by atoms with E-state index in [-0.39, 0.29) is 23.8 Å². The summed E-state index contributed by atoms with van der Waals surface area (Å²) >= 11 is 0. The molecular weight excluding hydrogens is 524 g/mol. The number of hydrogen-bond donors (Lipinski definition) is 0. The molecule has 3 aromatic rings. The van der Waals surface area contributed by atoms with Gasteiger partial charge < -0.3 is 23.4 Å². The van der Waals surface area contributed by atoms with Crippen LogP contribution in [-0.4, -0.2) is 39.4 Å². The van der Waals surface area contributed by atoms with Gasteiger partial charge in [-0.15, -0.1) is 6.58 Å². The van der Waals surface area contributed by atoms with Crippen LogP contribution in [0.2, 0.25) is 0 Å². The monoisotopic (exact) mass is 564 g/mol. The van der Waals surface area contributed by atoms with Crippen molar-refractivity contribution in [2.24, 2.45) is 0 Å². The van der Waals surface area contributed by atoms with Gasteiger partial charge in [-0.3, -0.25) is 14.4 Å². The van der Waals surface area contributed by atoms with Crippen molar-refractivity contribution in [1.29, 1.82) is 0 Å². The molecule has 1 aromatic heterocycles. The number of allylic oxidation sites excluding steroid dienone is 1. The van der Waals surface area contributed by atoms with Gasteiger partial charge in [0.15, 0.2) is 5.43 Å². The third kappa shape index (κ3) is 9.52. The Morgan fingerprint density at radius 3 is 2.27 bits per heavy atom. The maximum absolute atomic E-state index is 12.2. The lowest BCUT2D eigenvalue weighted by molar-refractivity contribution is -0.141. The minimum atomic E-state index is -0.263. The first-order valence-electron chi connectivity index (χ1n) is 14.1. The lowest BCUT2D eigenvalue weighted by atomic mass is 9.96. The third-order valence-electron chi connectivity index (χ3n) is 6.88. The lowest BCUT2D eigenvalue weighted by Crippen LogP contribution is -2.08. The molecule has 41 heavy (non-hydrogen) atoms. The predicted molar refractivity (Wildman–Crippen MR) is 158 cm³/mol. The Morgan fingerprint density at radius 2 is 1.51 bits per heavy atom. The van der Waals surface area contributed by atoms with Crippen molar-refractivity contribution < 1.29 is 33.0 Å². The molecule has 0 spiro atoms. The van der Waals surface area contributed by atoms with Gasteiger partial charge in [0.05, 0.1) is 39.1 Å². The van der Waals surface area contributed by atoms with Gasteiger partial charge in [0.1, 0.15) is 17.1 Å². The van der Waals surface area contributed by atoms with Crippen LogP contribution in [-0.2, 0) is 38.3 Å². The second-order valence-electron chi connectivity index (χ2n) is 9.71. The topological polar surface area (TPSA) is 101 Å². The van der Waals surface area contributed by atoms with E-state index in [4.69, 9.17) is 18.6 Å². The Hall–Kier alpha value is -4.07. The molecule has 0 aliphatic heterocycles. The Balaban J connectivity index is 1.51. The summed E-state index contributed by atoms with van der Waals surface area (Å²) < 4.78 is 27.2. The van der Waals surface area contributed by atoms with Gasteiger partial charge >= 0.3 is 11.9 Å². The molecule has 0 amide bonds. The van der Waals surface area contributed by atoms with Gasteiger partial charge in [0, 0.05) is 24.5 Å². The lowest BCUT2D eigenvalue weighted by Gasteiger charge is -2.16. The maximum Gasteiger partial charge on any atom is 0.305 e. The Morgan fingerprint density at radius 1 is 0.805 bits per heavy atom. The average molecular weight is 565 g/mol. The molecule has 0 atom stereocenters. The number of ether oxygens (including phenoxy) is 4. The summed E-state index contributed by atoms with van der Waals surface area (Å²) in [6.45, 7) is 4.77. The van der Waals surface area contributed by atoms with Crippen LogP contribution in [0.3, 0.4) is 0 Å². The van der Waals surface area contributed by atoms with Gasteiger partial charge in [0.25, 0.3) is 0 Å². The van der Waals surface area contributed by atoms with Crippen LogP contribution >= 0.6 is 0 Å². The van der Waals surface area contributed by atoms with Crippen molar-refractivity contribution in [2.75, 3.05) is 27.4 Å². The molecule has 2 aromatic carbocycles. The molecule has 0 aliphatic rings. The molecule has 0 saturated carbocycles. The minimum absolute atomic E-state index is 0.0766. The summed E-state index contributed by atoms with van der Waals surface area (Å²) in [6, 6.07) is 10.9. The van der Waals surface area contributed by atoms with Gasteiger partial charge in [-0.25, -0.2) is 0 Å². The van der Waals surface area contributed by atoms with Crippen LogP contribution in [0.15, 0.2) is 64.5 Å². The number of benzene rings is 2. The van der Waals surface area contributed by atoms with E-state index in [0.29, 0.717) is 55.6 Å². The molecule has 220 valence electrons. The first-order chi connectivity index (χ1) is 20.0. The van der Waals surface area contributed by atoms with Crippen molar-refractivity contribution >= 4 is 22.9 Å². The highest BCUT2D eigenvalue weighted by Gasteiger charge is 2.14. The molecule has 0 radical (unpaired) electrons. The Labute approximate surface area is 241 Å². The second-order valence-corrected chi connectivity index (χ2v) is 9.71. The molecule has 0 N–H and O–H groups in total. The molecule has 8 heteroatoms. The maximum atomic E-state index is 12.2. The normalized spacial score (nSPS) is 10.8. The predicted octanol–water partition coefficient (Wildman–Crippen LogP) is 6.14. The highest BCUT2D eigenvalue weighted by atomic mass is 16.5. The van der Waals surface area contributed by atoms with Crippen LogP contribution in [0.25, 0.3) is 11.0 Å². The van der Waals surface area contributed by atoms with Crippen molar-refractivity contribution in [3.8, 4) is 11.5 Å². The fourth-order valence-corrected chi connectivity index (χ4v) is 4.71. The Kier molecular flexibility index (Phi) is 13.0. The molecule has 0 aliphatic carbocycles. The fourth-order valence-electron chi connectivity index (χ4n) is 4.71. The van der Waals surface area contributed by atoms with Crippen LogP contribution < -0.4 is 14.9 Å². The van der Waals surface area contributed by atoms with E-state index in [1.54, 1.807) is 12.1 Å². The number of rotatable bonds is 18. The van der Waals surface area contributed by atoms with Gasteiger partial charge in [-0.05, 0) is 67.9 Å². The zero-order chi connectivity index (χ0) is 29.5. The van der Waals surface area contributed by atoms with Gasteiger partial charge in [-0.2, -0.15) is 0 Å². The molecule has 8 nitrogen and oxygen atoms in total. The van der Waals surface area contributed by atoms with E-state index in [1.165, 1.54) is 26.5 Å².